The minimum absolute atomic E-state index is 0.0114. The van der Waals surface area contributed by atoms with Crippen LogP contribution >= 0.6 is 0 Å². The van der Waals surface area contributed by atoms with Crippen LogP contribution in [0.5, 0.6) is 5.75 Å². The Kier molecular flexibility index (Phi) is 5.31. The van der Waals surface area contributed by atoms with Gasteiger partial charge in [-0.1, -0.05) is 5.16 Å². The zero-order valence-corrected chi connectivity index (χ0v) is 15.0. The Bertz CT molecular complexity index is 753. The van der Waals surface area contributed by atoms with Crippen LogP contribution in [0.25, 0.3) is 0 Å². The molecule has 134 valence electrons. The smallest absolute Gasteiger partial charge is 0.226 e. The predicted octanol–water partition coefficient (Wildman–Crippen LogP) is 2.61. The summed E-state index contributed by atoms with van der Waals surface area (Å²) in [6, 6.07) is 0. The van der Waals surface area contributed by atoms with Gasteiger partial charge >= 0.3 is 0 Å². The van der Waals surface area contributed by atoms with Crippen molar-refractivity contribution < 1.29 is 14.1 Å². The van der Waals surface area contributed by atoms with Crippen LogP contribution in [0.2, 0.25) is 0 Å². The third kappa shape index (κ3) is 4.35. The molecule has 25 heavy (non-hydrogen) atoms. The summed E-state index contributed by atoms with van der Waals surface area (Å²) >= 11 is 0. The van der Waals surface area contributed by atoms with Gasteiger partial charge in [0.1, 0.15) is 5.75 Å². The number of nitrogens with zero attached hydrogens (tertiary/aromatic N) is 3. The third-order valence-corrected chi connectivity index (χ3v) is 4.42. The number of rotatable bonds is 8. The van der Waals surface area contributed by atoms with Crippen LogP contribution in [0.3, 0.4) is 0 Å². The Morgan fingerprint density at radius 1 is 1.40 bits per heavy atom. The molecule has 2 aromatic heterocycles. The first-order valence-corrected chi connectivity index (χ1v) is 8.66. The molecule has 0 radical (unpaired) electrons. The zero-order valence-electron chi connectivity index (χ0n) is 15.0. The van der Waals surface area contributed by atoms with Gasteiger partial charge in [-0.2, -0.15) is 4.98 Å². The van der Waals surface area contributed by atoms with E-state index >= 15 is 0 Å². The molecule has 1 N–H and O–H groups in total. The predicted molar refractivity (Wildman–Crippen MR) is 91.3 cm³/mol. The van der Waals surface area contributed by atoms with Crippen molar-refractivity contribution in [2.24, 2.45) is 0 Å². The van der Waals surface area contributed by atoms with Crippen molar-refractivity contribution in [1.29, 1.82) is 0 Å². The Morgan fingerprint density at radius 3 is 2.92 bits per heavy atom. The van der Waals surface area contributed by atoms with Gasteiger partial charge in [-0.25, -0.2) is 0 Å². The molecule has 1 aliphatic carbocycles. The van der Waals surface area contributed by atoms with Crippen molar-refractivity contribution in [3.05, 3.63) is 34.7 Å². The molecular formula is C18H24N4O3. The minimum atomic E-state index is -0.0114. The van der Waals surface area contributed by atoms with Crippen molar-refractivity contribution in [2.75, 3.05) is 7.11 Å². The lowest BCUT2D eigenvalue weighted by Crippen LogP contribution is -2.23. The average molecular weight is 344 g/mol. The number of ether oxygens (including phenoxy) is 1. The third-order valence-electron chi connectivity index (χ3n) is 4.42. The van der Waals surface area contributed by atoms with Gasteiger partial charge in [0.15, 0.2) is 5.82 Å². The fourth-order valence-corrected chi connectivity index (χ4v) is 2.80. The van der Waals surface area contributed by atoms with E-state index in [0.29, 0.717) is 37.6 Å². The lowest BCUT2D eigenvalue weighted by molar-refractivity contribution is -0.121. The highest BCUT2D eigenvalue weighted by atomic mass is 16.5. The summed E-state index contributed by atoms with van der Waals surface area (Å²) in [5.74, 6) is 2.73. The molecule has 1 amide bonds. The van der Waals surface area contributed by atoms with E-state index in [1.807, 2.05) is 13.8 Å². The second-order valence-corrected chi connectivity index (χ2v) is 6.50. The van der Waals surface area contributed by atoms with Crippen LogP contribution in [0.4, 0.5) is 0 Å². The first-order chi connectivity index (χ1) is 12.1. The maximum Gasteiger partial charge on any atom is 0.226 e. The summed E-state index contributed by atoms with van der Waals surface area (Å²) in [4.78, 5) is 20.8. The topological polar surface area (TPSA) is 90.1 Å². The summed E-state index contributed by atoms with van der Waals surface area (Å²) in [5, 5.41) is 6.88. The van der Waals surface area contributed by atoms with Gasteiger partial charge < -0.3 is 14.6 Å². The van der Waals surface area contributed by atoms with Gasteiger partial charge in [0.2, 0.25) is 11.8 Å². The fourth-order valence-electron chi connectivity index (χ4n) is 2.80. The Hall–Kier alpha value is -2.44. The van der Waals surface area contributed by atoms with Crippen LogP contribution in [0, 0.1) is 13.8 Å². The van der Waals surface area contributed by atoms with Crippen LogP contribution in [0.15, 0.2) is 10.7 Å². The fraction of sp³-hybridized carbons (Fsp3) is 0.556. The number of carbonyl (C=O) groups is 1. The minimum Gasteiger partial charge on any atom is -0.496 e. The average Bonchev–Trinajstić information content (AvgIpc) is 3.34. The van der Waals surface area contributed by atoms with Gasteiger partial charge in [-0.3, -0.25) is 9.78 Å². The first-order valence-electron chi connectivity index (χ1n) is 8.66. The van der Waals surface area contributed by atoms with E-state index in [0.717, 1.165) is 41.2 Å². The van der Waals surface area contributed by atoms with Crippen molar-refractivity contribution in [3.8, 4) is 5.75 Å². The van der Waals surface area contributed by atoms with E-state index < -0.39 is 0 Å². The molecule has 1 fully saturated rings. The number of pyridine rings is 1. The van der Waals surface area contributed by atoms with Crippen molar-refractivity contribution >= 4 is 5.91 Å². The molecule has 0 bridgehead atoms. The molecule has 2 aromatic rings. The Labute approximate surface area is 147 Å². The highest BCUT2D eigenvalue weighted by Gasteiger charge is 2.28. The standard InChI is InChI=1S/C18H24N4O3/c1-11-9-19-14(12(2)17(11)24-3)10-20-15(23)5-4-6-16-21-18(22-25-16)13-7-8-13/h9,13H,4-8,10H2,1-3H3,(H,20,23). The van der Waals surface area contributed by atoms with Crippen molar-refractivity contribution in [3.63, 3.8) is 0 Å². The molecule has 0 saturated heterocycles. The number of carbonyl (C=O) groups excluding carboxylic acids is 1. The van der Waals surface area contributed by atoms with Crippen LogP contribution in [-0.4, -0.2) is 28.1 Å². The molecule has 0 atom stereocenters. The number of hydrogen-bond acceptors (Lipinski definition) is 6. The number of aryl methyl sites for hydroxylation is 2. The normalized spacial score (nSPS) is 13.7. The van der Waals surface area contributed by atoms with Gasteiger partial charge in [0.25, 0.3) is 0 Å². The molecular weight excluding hydrogens is 320 g/mol. The van der Waals surface area contributed by atoms with Crippen LogP contribution in [0.1, 0.15) is 60.1 Å². The lowest BCUT2D eigenvalue weighted by Gasteiger charge is -2.12. The molecule has 2 heterocycles. The number of nitrogens with one attached hydrogen (secondary N) is 1. The van der Waals surface area contributed by atoms with E-state index in [9.17, 15) is 4.79 Å². The molecule has 1 saturated carbocycles. The van der Waals surface area contributed by atoms with Crippen molar-refractivity contribution in [2.45, 2.75) is 58.4 Å². The van der Waals surface area contributed by atoms with E-state index in [4.69, 9.17) is 9.26 Å². The number of methoxy groups -OCH3 is 1. The number of aromatic nitrogens is 3. The van der Waals surface area contributed by atoms with Gasteiger partial charge in [-0.05, 0) is 33.1 Å². The van der Waals surface area contributed by atoms with Crippen LogP contribution < -0.4 is 10.1 Å². The van der Waals surface area contributed by atoms with Gasteiger partial charge in [-0.15, -0.1) is 0 Å². The highest BCUT2D eigenvalue weighted by molar-refractivity contribution is 5.75. The molecule has 0 unspecified atom stereocenters. The number of hydrogen-bond donors (Lipinski definition) is 1. The van der Waals surface area contributed by atoms with Crippen molar-refractivity contribution in [1.82, 2.24) is 20.4 Å². The van der Waals surface area contributed by atoms with Gasteiger partial charge in [0.05, 0.1) is 19.3 Å². The van der Waals surface area contributed by atoms with E-state index in [1.165, 1.54) is 0 Å². The summed E-state index contributed by atoms with van der Waals surface area (Å²) in [6.07, 6.45) is 5.80. The highest BCUT2D eigenvalue weighted by Crippen LogP contribution is 2.38. The van der Waals surface area contributed by atoms with E-state index in [1.54, 1.807) is 13.3 Å². The maximum absolute atomic E-state index is 12.0. The summed E-state index contributed by atoms with van der Waals surface area (Å²) in [5.41, 5.74) is 2.77. The summed E-state index contributed by atoms with van der Waals surface area (Å²) < 4.78 is 10.6. The molecule has 0 spiro atoms. The maximum atomic E-state index is 12.0. The molecule has 7 nitrogen and oxygen atoms in total. The number of amides is 1. The second kappa shape index (κ2) is 7.63. The Balaban J connectivity index is 1.43. The molecule has 3 rings (SSSR count). The van der Waals surface area contributed by atoms with E-state index in [2.05, 4.69) is 20.4 Å². The largest absolute Gasteiger partial charge is 0.496 e. The molecule has 7 heteroatoms. The first kappa shape index (κ1) is 17.4. The summed E-state index contributed by atoms with van der Waals surface area (Å²) in [6.45, 7) is 4.30. The lowest BCUT2D eigenvalue weighted by atomic mass is 10.1. The van der Waals surface area contributed by atoms with E-state index in [-0.39, 0.29) is 5.91 Å². The quantitative estimate of drug-likeness (QED) is 0.791. The molecule has 0 aliphatic heterocycles. The van der Waals surface area contributed by atoms with Crippen LogP contribution in [-0.2, 0) is 17.8 Å². The molecule has 0 aromatic carbocycles. The molecule has 1 aliphatic rings. The SMILES string of the molecule is COc1c(C)cnc(CNC(=O)CCCc2nc(C3CC3)no2)c1C. The second-order valence-electron chi connectivity index (χ2n) is 6.50. The zero-order chi connectivity index (χ0) is 17.8. The Morgan fingerprint density at radius 2 is 2.20 bits per heavy atom. The summed E-state index contributed by atoms with van der Waals surface area (Å²) in [7, 11) is 1.64. The monoisotopic (exact) mass is 344 g/mol. The van der Waals surface area contributed by atoms with Gasteiger partial charge in [0, 0.05) is 36.1 Å².